The Morgan fingerprint density at radius 1 is 0.432 bits per heavy atom. The highest BCUT2D eigenvalue weighted by molar-refractivity contribution is 7.47. The van der Waals surface area contributed by atoms with Gasteiger partial charge in [0.1, 0.15) is 13.2 Å². The van der Waals surface area contributed by atoms with Crippen molar-refractivity contribution in [3.8, 4) is 0 Å². The second kappa shape index (κ2) is 61.7. The van der Waals surface area contributed by atoms with Crippen LogP contribution in [0.25, 0.3) is 0 Å². The third kappa shape index (κ3) is 64.6. The first-order chi connectivity index (χ1) is 39.5. The molecule has 0 aliphatic rings. The van der Waals surface area contributed by atoms with Gasteiger partial charge in [-0.15, -0.1) is 0 Å². The highest BCUT2D eigenvalue weighted by atomic mass is 31.2. The summed E-state index contributed by atoms with van der Waals surface area (Å²) in [4.78, 5) is 23.4. The number of hydrogen-bond acceptors (Lipinski definition) is 5. The van der Waals surface area contributed by atoms with Crippen molar-refractivity contribution >= 4 is 13.7 Å². The fraction of sp³-hybridized carbons (Fsp3) is 0.736. The van der Waals surface area contributed by atoms with E-state index in [1.54, 1.807) is 0 Å². The van der Waals surface area contributed by atoms with E-state index in [0.717, 1.165) is 103 Å². The van der Waals surface area contributed by atoms with Gasteiger partial charge in [-0.3, -0.25) is 13.8 Å². The normalized spacial score (nSPS) is 14.4. The summed E-state index contributed by atoms with van der Waals surface area (Å²) in [6.07, 6.45) is 90.2. The minimum absolute atomic E-state index is 0.0692. The molecule has 3 N–H and O–H groups in total. The number of rotatable bonds is 61. The lowest BCUT2D eigenvalue weighted by atomic mass is 10.0. The molecule has 0 aromatic heterocycles. The minimum atomic E-state index is -4.34. The summed E-state index contributed by atoms with van der Waals surface area (Å²) in [7, 11) is 1.61. The summed E-state index contributed by atoms with van der Waals surface area (Å²) >= 11 is 0. The van der Waals surface area contributed by atoms with E-state index in [1.165, 1.54) is 161 Å². The van der Waals surface area contributed by atoms with E-state index in [4.69, 9.17) is 9.05 Å². The number of hydrogen-bond donors (Lipinski definition) is 3. The molecule has 0 heterocycles. The molecule has 0 spiro atoms. The van der Waals surface area contributed by atoms with Crippen molar-refractivity contribution in [1.29, 1.82) is 0 Å². The first-order valence-electron chi connectivity index (χ1n) is 33.8. The number of nitrogens with one attached hydrogen (secondary N) is 1. The average molecular weight is 1150 g/mol. The van der Waals surface area contributed by atoms with Gasteiger partial charge in [0, 0.05) is 6.42 Å². The maximum absolute atomic E-state index is 13.1. The van der Waals surface area contributed by atoms with Crippen LogP contribution in [-0.4, -0.2) is 73.4 Å². The van der Waals surface area contributed by atoms with Gasteiger partial charge < -0.3 is 19.8 Å². The molecular formula is C72H130N2O6P+. The minimum Gasteiger partial charge on any atom is -0.391 e. The van der Waals surface area contributed by atoms with Crippen molar-refractivity contribution < 1.29 is 32.9 Å². The molecule has 0 saturated carbocycles. The van der Waals surface area contributed by atoms with Crippen molar-refractivity contribution in [2.75, 3.05) is 40.9 Å². The third-order valence-corrected chi connectivity index (χ3v) is 15.8. The zero-order valence-electron chi connectivity index (χ0n) is 53.5. The molecule has 1 amide bonds. The van der Waals surface area contributed by atoms with Gasteiger partial charge >= 0.3 is 7.82 Å². The quantitative estimate of drug-likeness (QED) is 0.0243. The van der Waals surface area contributed by atoms with Crippen molar-refractivity contribution in [3.05, 3.63) is 109 Å². The SMILES string of the molecule is CC/C=C\C/C=C\C/C=C\C/C=C\C/C=C\C/C=C\C/C=C\C/C=C\C/C=C\CCCCCCCCCCCC(=O)NC(COP(=O)(O)OCC[N+](C)(C)C)C(O)CCCCCCCCCCCCCCCCCCCCCCCC. The van der Waals surface area contributed by atoms with Crippen molar-refractivity contribution in [1.82, 2.24) is 5.32 Å². The zero-order valence-corrected chi connectivity index (χ0v) is 54.4. The number of quaternary nitrogens is 1. The van der Waals surface area contributed by atoms with Gasteiger partial charge in [0.25, 0.3) is 0 Å². The van der Waals surface area contributed by atoms with Crippen LogP contribution in [0.5, 0.6) is 0 Å². The Labute approximate surface area is 501 Å². The number of carbonyl (C=O) groups excluding carboxylic acids is 1. The number of aliphatic hydroxyl groups excluding tert-OH is 1. The van der Waals surface area contributed by atoms with E-state index in [1.807, 2.05) is 21.1 Å². The summed E-state index contributed by atoms with van der Waals surface area (Å²) in [5.74, 6) is -0.152. The standard InChI is InChI=1S/C72H129N2O6P/c1-6-8-10-12-14-16-18-20-22-24-26-28-30-31-32-33-34-35-36-37-38-39-40-41-42-43-44-46-48-50-52-54-56-58-60-62-64-66-72(76)73-70(69-80-81(77,78)79-68-67-74(3,4)5)71(75)65-63-61-59-57-55-53-51-49-47-45-29-27-25-23-21-19-17-15-13-11-9-7-2/h8,10,14,16,20,22,26,28,31-32,34-35,37-38,40-41,43-44,70-71,75H,6-7,9,11-13,15,17-19,21,23-25,27,29-30,33,36,39,42,45-69H2,1-5H3,(H-,73,76,77,78)/p+1/b10-8-,16-14-,22-20-,28-26-,32-31-,35-34-,38-37-,41-40-,44-43-. The van der Waals surface area contributed by atoms with E-state index in [-0.39, 0.29) is 19.1 Å². The smallest absolute Gasteiger partial charge is 0.391 e. The molecule has 3 unspecified atom stereocenters. The number of phosphoric ester groups is 1. The summed E-state index contributed by atoms with van der Waals surface area (Å²) in [6, 6.07) is -0.772. The molecule has 0 aromatic carbocycles. The van der Waals surface area contributed by atoms with Gasteiger partial charge in [0.2, 0.25) is 5.91 Å². The lowest BCUT2D eigenvalue weighted by Gasteiger charge is -2.26. The van der Waals surface area contributed by atoms with Gasteiger partial charge in [0.15, 0.2) is 0 Å². The Morgan fingerprint density at radius 2 is 0.741 bits per heavy atom. The summed E-state index contributed by atoms with van der Waals surface area (Å²) in [5, 5.41) is 14.1. The maximum atomic E-state index is 13.1. The van der Waals surface area contributed by atoms with Crippen molar-refractivity contribution in [2.45, 2.75) is 302 Å². The molecule has 0 saturated heterocycles. The molecule has 81 heavy (non-hydrogen) atoms. The van der Waals surface area contributed by atoms with Gasteiger partial charge in [-0.25, -0.2) is 4.57 Å². The van der Waals surface area contributed by atoms with E-state index in [2.05, 4.69) is 129 Å². The van der Waals surface area contributed by atoms with Crippen LogP contribution < -0.4 is 5.32 Å². The van der Waals surface area contributed by atoms with E-state index in [0.29, 0.717) is 23.9 Å². The lowest BCUT2D eigenvalue weighted by molar-refractivity contribution is -0.870. The largest absolute Gasteiger partial charge is 0.472 e. The number of aliphatic hydroxyl groups is 1. The summed E-state index contributed by atoms with van der Waals surface area (Å²) in [5.41, 5.74) is 0. The van der Waals surface area contributed by atoms with Crippen molar-refractivity contribution in [2.24, 2.45) is 0 Å². The monoisotopic (exact) mass is 1150 g/mol. The predicted octanol–water partition coefficient (Wildman–Crippen LogP) is 21.5. The first-order valence-corrected chi connectivity index (χ1v) is 35.2. The predicted molar refractivity (Wildman–Crippen MR) is 355 cm³/mol. The first kappa shape index (κ1) is 78.2. The molecule has 0 aliphatic carbocycles. The Bertz CT molecular complexity index is 1690. The van der Waals surface area contributed by atoms with E-state index >= 15 is 0 Å². The summed E-state index contributed by atoms with van der Waals surface area (Å²) < 4.78 is 23.9. The molecule has 0 radical (unpaired) electrons. The van der Waals surface area contributed by atoms with Crippen LogP contribution in [0.2, 0.25) is 0 Å². The Hall–Kier alpha value is -2.84. The highest BCUT2D eigenvalue weighted by Gasteiger charge is 2.28. The Kier molecular flexibility index (Phi) is 59.5. The fourth-order valence-corrected chi connectivity index (χ4v) is 10.3. The number of unbranched alkanes of at least 4 members (excludes halogenated alkanes) is 30. The van der Waals surface area contributed by atoms with Crippen LogP contribution >= 0.6 is 7.82 Å². The molecule has 8 nitrogen and oxygen atoms in total. The fourth-order valence-electron chi connectivity index (χ4n) is 9.57. The van der Waals surface area contributed by atoms with Crippen LogP contribution in [0.15, 0.2) is 109 Å². The van der Waals surface area contributed by atoms with Crippen molar-refractivity contribution in [3.63, 3.8) is 0 Å². The van der Waals surface area contributed by atoms with E-state index < -0.39 is 20.0 Å². The molecule has 0 fully saturated rings. The number of phosphoric acid groups is 1. The van der Waals surface area contributed by atoms with Gasteiger partial charge in [-0.05, 0) is 83.5 Å². The molecule has 9 heteroatoms. The highest BCUT2D eigenvalue weighted by Crippen LogP contribution is 2.43. The maximum Gasteiger partial charge on any atom is 0.472 e. The van der Waals surface area contributed by atoms with Crippen LogP contribution in [0.4, 0.5) is 0 Å². The van der Waals surface area contributed by atoms with Crippen LogP contribution in [0.1, 0.15) is 290 Å². The summed E-state index contributed by atoms with van der Waals surface area (Å²) in [6.45, 7) is 4.79. The number of allylic oxidation sites excluding steroid dienone is 18. The molecule has 0 rings (SSSR count). The molecule has 0 bridgehead atoms. The number of amides is 1. The second-order valence-electron chi connectivity index (χ2n) is 23.8. The van der Waals surface area contributed by atoms with Gasteiger partial charge in [-0.2, -0.15) is 0 Å². The number of nitrogens with zero attached hydrogens (tertiary/aromatic N) is 1. The lowest BCUT2D eigenvalue weighted by Crippen LogP contribution is -2.46. The number of likely N-dealkylation sites (N-methyl/N-ethyl adjacent to an activating group) is 1. The second-order valence-corrected chi connectivity index (χ2v) is 25.3. The topological polar surface area (TPSA) is 105 Å². The van der Waals surface area contributed by atoms with Gasteiger partial charge in [0.05, 0.1) is 39.9 Å². The third-order valence-electron chi connectivity index (χ3n) is 14.8. The Morgan fingerprint density at radius 3 is 1.09 bits per heavy atom. The van der Waals surface area contributed by atoms with Crippen LogP contribution in [0, 0.1) is 0 Å². The number of carbonyl (C=O) groups is 1. The molecular weight excluding hydrogens is 1020 g/mol. The average Bonchev–Trinajstić information content (AvgIpc) is 3.43. The Balaban J connectivity index is 4.12. The van der Waals surface area contributed by atoms with Crippen LogP contribution in [0.3, 0.4) is 0 Å². The zero-order chi connectivity index (χ0) is 59.1. The van der Waals surface area contributed by atoms with E-state index in [9.17, 15) is 19.4 Å². The molecule has 0 aromatic rings. The molecule has 0 aliphatic heterocycles. The molecule has 3 atom stereocenters. The molecule has 468 valence electrons. The van der Waals surface area contributed by atoms with Crippen LogP contribution in [-0.2, 0) is 18.4 Å². The van der Waals surface area contributed by atoms with Gasteiger partial charge in [-0.1, -0.05) is 309 Å².